The van der Waals surface area contributed by atoms with Gasteiger partial charge in [-0.3, -0.25) is 9.69 Å². The third-order valence-corrected chi connectivity index (χ3v) is 8.72. The molecule has 0 amide bonds. The number of nitrogens with zero attached hydrogens (tertiary/aromatic N) is 3. The van der Waals surface area contributed by atoms with Gasteiger partial charge in [-0.15, -0.1) is 11.3 Å². The first-order valence-electron chi connectivity index (χ1n) is 9.06. The first-order chi connectivity index (χ1) is 12.4. The third kappa shape index (κ3) is 4.45. The number of rotatable bonds is 6. The molecule has 1 aromatic heterocycles. The summed E-state index contributed by atoms with van der Waals surface area (Å²) in [6.45, 7) is 4.83. The molecule has 0 bridgehead atoms. The molecule has 0 saturated carbocycles. The lowest BCUT2D eigenvalue weighted by Crippen LogP contribution is -2.56. The van der Waals surface area contributed by atoms with E-state index in [4.69, 9.17) is 5.11 Å². The van der Waals surface area contributed by atoms with Crippen molar-refractivity contribution in [3.63, 3.8) is 0 Å². The molecule has 9 heteroatoms. The van der Waals surface area contributed by atoms with Crippen LogP contribution in [-0.4, -0.2) is 86.0 Å². The van der Waals surface area contributed by atoms with Crippen LogP contribution in [0.2, 0.25) is 0 Å². The lowest BCUT2D eigenvalue weighted by atomic mass is 9.87. The standard InChI is InChI=1S/C17H27N3O4S2/c1-18-8-10-19(11-9-18)15-6-7-20(13-14(15)4-5-16(21)22)26(23,24)17-3-2-12-25-17/h2-3,12,14-15H,4-11,13H2,1H3,(H,21,22)/t14-,15+/m1/s1. The molecule has 2 fully saturated rings. The van der Waals surface area contributed by atoms with Crippen LogP contribution >= 0.6 is 11.3 Å². The lowest BCUT2D eigenvalue weighted by Gasteiger charge is -2.46. The normalized spacial score (nSPS) is 26.8. The van der Waals surface area contributed by atoms with Gasteiger partial charge in [0, 0.05) is 51.7 Å². The van der Waals surface area contributed by atoms with Crippen LogP contribution in [0.4, 0.5) is 0 Å². The molecule has 1 N–H and O–H groups in total. The van der Waals surface area contributed by atoms with Crippen molar-refractivity contribution in [2.45, 2.75) is 29.5 Å². The zero-order chi connectivity index (χ0) is 18.7. The lowest BCUT2D eigenvalue weighted by molar-refractivity contribution is -0.137. The van der Waals surface area contributed by atoms with Crippen LogP contribution in [0.3, 0.4) is 0 Å². The smallest absolute Gasteiger partial charge is 0.303 e. The molecule has 2 aliphatic heterocycles. The number of carboxylic acid groups (broad SMARTS) is 1. The highest BCUT2D eigenvalue weighted by Gasteiger charge is 2.38. The number of carboxylic acids is 1. The summed E-state index contributed by atoms with van der Waals surface area (Å²) >= 11 is 1.23. The number of hydrogen-bond donors (Lipinski definition) is 1. The van der Waals surface area contributed by atoms with Gasteiger partial charge in [-0.25, -0.2) is 8.42 Å². The summed E-state index contributed by atoms with van der Waals surface area (Å²) in [6, 6.07) is 3.65. The zero-order valence-electron chi connectivity index (χ0n) is 15.1. The largest absolute Gasteiger partial charge is 0.481 e. The summed E-state index contributed by atoms with van der Waals surface area (Å²) in [6.07, 6.45) is 1.36. The van der Waals surface area contributed by atoms with Crippen molar-refractivity contribution in [3.05, 3.63) is 17.5 Å². The maximum absolute atomic E-state index is 12.9. The second-order valence-electron chi connectivity index (χ2n) is 7.18. The van der Waals surface area contributed by atoms with Gasteiger partial charge in [-0.05, 0) is 37.3 Å². The van der Waals surface area contributed by atoms with Crippen molar-refractivity contribution < 1.29 is 18.3 Å². The highest BCUT2D eigenvalue weighted by atomic mass is 32.2. The van der Waals surface area contributed by atoms with Crippen LogP contribution in [0.15, 0.2) is 21.7 Å². The number of sulfonamides is 1. The van der Waals surface area contributed by atoms with E-state index in [9.17, 15) is 13.2 Å². The summed E-state index contributed by atoms with van der Waals surface area (Å²) in [4.78, 5) is 15.8. The zero-order valence-corrected chi connectivity index (χ0v) is 16.7. The fourth-order valence-electron chi connectivity index (χ4n) is 3.97. The van der Waals surface area contributed by atoms with E-state index >= 15 is 0 Å². The highest BCUT2D eigenvalue weighted by Crippen LogP contribution is 2.31. The Labute approximate surface area is 159 Å². The van der Waals surface area contributed by atoms with Crippen LogP contribution in [0.1, 0.15) is 19.3 Å². The van der Waals surface area contributed by atoms with Crippen molar-refractivity contribution >= 4 is 27.3 Å². The second kappa shape index (κ2) is 8.35. The number of piperidine rings is 1. The van der Waals surface area contributed by atoms with Gasteiger partial charge < -0.3 is 10.0 Å². The van der Waals surface area contributed by atoms with E-state index in [0.29, 0.717) is 23.7 Å². The molecule has 0 aromatic carbocycles. The van der Waals surface area contributed by atoms with Crippen LogP contribution in [-0.2, 0) is 14.8 Å². The van der Waals surface area contributed by atoms with E-state index in [1.54, 1.807) is 21.8 Å². The molecule has 0 radical (unpaired) electrons. The number of hydrogen-bond acceptors (Lipinski definition) is 6. The summed E-state index contributed by atoms with van der Waals surface area (Å²) < 4.78 is 27.6. The van der Waals surface area contributed by atoms with E-state index in [1.807, 2.05) is 0 Å². The Morgan fingerprint density at radius 2 is 2.00 bits per heavy atom. The maximum atomic E-state index is 12.9. The highest BCUT2D eigenvalue weighted by molar-refractivity contribution is 7.91. The molecule has 2 saturated heterocycles. The molecule has 3 rings (SSSR count). The Hall–Kier alpha value is -1.00. The van der Waals surface area contributed by atoms with Crippen molar-refractivity contribution in [3.8, 4) is 0 Å². The van der Waals surface area contributed by atoms with Crippen molar-refractivity contribution in [2.75, 3.05) is 46.3 Å². The summed E-state index contributed by atoms with van der Waals surface area (Å²) in [5.74, 6) is -0.765. The Bertz CT molecular complexity index is 700. The first-order valence-corrected chi connectivity index (χ1v) is 11.4. The fraction of sp³-hybridized carbons (Fsp3) is 0.706. The molecule has 3 heterocycles. The minimum Gasteiger partial charge on any atom is -0.481 e. The minimum absolute atomic E-state index is 0.0537. The number of thiophene rings is 1. The van der Waals surface area contributed by atoms with Crippen molar-refractivity contribution in [1.82, 2.24) is 14.1 Å². The van der Waals surface area contributed by atoms with Gasteiger partial charge in [0.05, 0.1) is 0 Å². The van der Waals surface area contributed by atoms with Gasteiger partial charge in [0.1, 0.15) is 4.21 Å². The average molecular weight is 402 g/mol. The van der Waals surface area contributed by atoms with Gasteiger partial charge >= 0.3 is 5.97 Å². The molecule has 1 aromatic rings. The van der Waals surface area contributed by atoms with Crippen molar-refractivity contribution in [2.24, 2.45) is 5.92 Å². The van der Waals surface area contributed by atoms with Gasteiger partial charge in [0.25, 0.3) is 10.0 Å². The van der Waals surface area contributed by atoms with Crippen molar-refractivity contribution in [1.29, 1.82) is 0 Å². The molecule has 2 atom stereocenters. The summed E-state index contributed by atoms with van der Waals surface area (Å²) in [5, 5.41) is 10.9. The van der Waals surface area contributed by atoms with Crippen LogP contribution < -0.4 is 0 Å². The molecule has 0 spiro atoms. The van der Waals surface area contributed by atoms with Gasteiger partial charge in [0.15, 0.2) is 0 Å². The SMILES string of the molecule is CN1CCN([C@H]2CCN(S(=O)(=O)c3cccs3)C[C@H]2CCC(=O)O)CC1. The topological polar surface area (TPSA) is 81.2 Å². The Morgan fingerprint density at radius 3 is 2.62 bits per heavy atom. The predicted octanol–water partition coefficient (Wildman–Crippen LogP) is 1.24. The number of likely N-dealkylation sites (N-methyl/N-ethyl adjacent to an activating group) is 1. The summed E-state index contributed by atoms with van der Waals surface area (Å²) in [7, 11) is -1.37. The summed E-state index contributed by atoms with van der Waals surface area (Å²) in [5.41, 5.74) is 0. The predicted molar refractivity (Wildman–Crippen MR) is 101 cm³/mol. The average Bonchev–Trinajstić information content (AvgIpc) is 3.16. The second-order valence-corrected chi connectivity index (χ2v) is 10.3. The third-order valence-electron chi connectivity index (χ3n) is 5.48. The van der Waals surface area contributed by atoms with Gasteiger partial charge in [0.2, 0.25) is 0 Å². The van der Waals surface area contributed by atoms with E-state index in [2.05, 4.69) is 16.8 Å². The van der Waals surface area contributed by atoms with E-state index < -0.39 is 16.0 Å². The van der Waals surface area contributed by atoms with Crippen LogP contribution in [0, 0.1) is 5.92 Å². The first kappa shape index (κ1) is 19.8. The van der Waals surface area contributed by atoms with Crippen LogP contribution in [0.25, 0.3) is 0 Å². The molecular weight excluding hydrogens is 374 g/mol. The fourth-order valence-corrected chi connectivity index (χ4v) is 6.63. The molecule has 2 aliphatic rings. The molecular formula is C17H27N3O4S2. The van der Waals surface area contributed by atoms with Gasteiger partial charge in [-0.1, -0.05) is 6.07 Å². The molecule has 7 nitrogen and oxygen atoms in total. The monoisotopic (exact) mass is 401 g/mol. The van der Waals surface area contributed by atoms with Crippen LogP contribution in [0.5, 0.6) is 0 Å². The molecule has 0 aliphatic carbocycles. The maximum Gasteiger partial charge on any atom is 0.303 e. The quantitative estimate of drug-likeness (QED) is 0.772. The minimum atomic E-state index is -3.48. The number of carbonyl (C=O) groups is 1. The van der Waals surface area contributed by atoms with E-state index in [0.717, 1.165) is 32.6 Å². The molecule has 0 unspecified atom stereocenters. The number of aliphatic carboxylic acids is 1. The Kier molecular flexibility index (Phi) is 6.34. The van der Waals surface area contributed by atoms with E-state index in [1.165, 1.54) is 11.3 Å². The Morgan fingerprint density at radius 1 is 1.27 bits per heavy atom. The molecule has 26 heavy (non-hydrogen) atoms. The number of piperazine rings is 1. The molecule has 146 valence electrons. The van der Waals surface area contributed by atoms with E-state index in [-0.39, 0.29) is 18.4 Å². The van der Waals surface area contributed by atoms with Gasteiger partial charge in [-0.2, -0.15) is 4.31 Å². The Balaban J connectivity index is 1.73.